The van der Waals surface area contributed by atoms with E-state index in [0.717, 1.165) is 32.7 Å². The van der Waals surface area contributed by atoms with E-state index in [2.05, 4.69) is 35.8 Å². The summed E-state index contributed by atoms with van der Waals surface area (Å²) < 4.78 is 5.47. The van der Waals surface area contributed by atoms with Crippen LogP contribution in [0.1, 0.15) is 30.9 Å². The second kappa shape index (κ2) is 4.90. The lowest BCUT2D eigenvalue weighted by Crippen LogP contribution is -2.42. The molecule has 1 fully saturated rings. The molecule has 2 aliphatic rings. The van der Waals surface area contributed by atoms with Gasteiger partial charge in [0.15, 0.2) is 0 Å². The van der Waals surface area contributed by atoms with Crippen molar-refractivity contribution >= 4 is 5.69 Å². The molecule has 2 N–H and O–H groups in total. The second-order valence-corrected chi connectivity index (χ2v) is 5.74. The molecule has 3 rings (SSSR count). The third kappa shape index (κ3) is 2.52. The Labute approximate surface area is 109 Å². The number of ether oxygens (including phenoxy) is 1. The van der Waals surface area contributed by atoms with Crippen LogP contribution in [0.4, 0.5) is 5.69 Å². The van der Waals surface area contributed by atoms with E-state index in [4.69, 9.17) is 4.74 Å². The lowest BCUT2D eigenvalue weighted by atomic mass is 9.99. The first-order valence-corrected chi connectivity index (χ1v) is 6.94. The average Bonchev–Trinajstić information content (AvgIpc) is 2.84. The monoisotopic (exact) mass is 246 g/mol. The number of anilines is 1. The molecule has 3 heteroatoms. The van der Waals surface area contributed by atoms with Crippen molar-refractivity contribution in [3.05, 3.63) is 29.3 Å². The quantitative estimate of drug-likeness (QED) is 0.858. The Kier molecular flexibility index (Phi) is 3.27. The summed E-state index contributed by atoms with van der Waals surface area (Å²) in [6, 6.07) is 6.79. The van der Waals surface area contributed by atoms with Crippen LogP contribution in [0.25, 0.3) is 0 Å². The smallest absolute Gasteiger partial charge is 0.0646 e. The number of hydrogen-bond acceptors (Lipinski definition) is 3. The molecule has 0 spiro atoms. The van der Waals surface area contributed by atoms with Crippen LogP contribution in [0.2, 0.25) is 0 Å². The predicted octanol–water partition coefficient (Wildman–Crippen LogP) is 2.31. The summed E-state index contributed by atoms with van der Waals surface area (Å²) >= 11 is 0. The van der Waals surface area contributed by atoms with Crippen LogP contribution < -0.4 is 10.6 Å². The zero-order valence-corrected chi connectivity index (χ0v) is 11.1. The molecule has 1 saturated heterocycles. The van der Waals surface area contributed by atoms with E-state index in [9.17, 15) is 0 Å². The fraction of sp³-hybridized carbons (Fsp3) is 0.600. The van der Waals surface area contributed by atoms with Gasteiger partial charge in [-0.15, -0.1) is 0 Å². The van der Waals surface area contributed by atoms with Gasteiger partial charge in [-0.1, -0.05) is 12.1 Å². The fourth-order valence-electron chi connectivity index (χ4n) is 2.76. The minimum absolute atomic E-state index is 0.161. The Morgan fingerprint density at radius 1 is 1.44 bits per heavy atom. The van der Waals surface area contributed by atoms with Gasteiger partial charge in [0, 0.05) is 30.9 Å². The van der Waals surface area contributed by atoms with Crippen molar-refractivity contribution in [1.29, 1.82) is 0 Å². The van der Waals surface area contributed by atoms with Crippen LogP contribution in [-0.4, -0.2) is 25.3 Å². The van der Waals surface area contributed by atoms with Crippen molar-refractivity contribution in [2.45, 2.75) is 38.3 Å². The van der Waals surface area contributed by atoms with Crippen LogP contribution in [0, 0.1) is 0 Å². The highest BCUT2D eigenvalue weighted by atomic mass is 16.5. The molecule has 0 radical (unpaired) electrons. The number of rotatable bonds is 3. The Balaban J connectivity index is 1.66. The van der Waals surface area contributed by atoms with Crippen LogP contribution in [0.3, 0.4) is 0 Å². The molecular weight excluding hydrogens is 224 g/mol. The molecule has 1 unspecified atom stereocenters. The molecule has 2 aliphatic heterocycles. The van der Waals surface area contributed by atoms with Crippen LogP contribution in [0.5, 0.6) is 0 Å². The summed E-state index contributed by atoms with van der Waals surface area (Å²) in [5.74, 6) is 0. The zero-order valence-electron chi connectivity index (χ0n) is 11.1. The lowest BCUT2D eigenvalue weighted by Gasteiger charge is -2.24. The normalized spacial score (nSPS) is 26.7. The first kappa shape index (κ1) is 12.0. The number of hydrogen-bond donors (Lipinski definition) is 2. The maximum atomic E-state index is 5.47. The molecule has 98 valence electrons. The van der Waals surface area contributed by atoms with E-state index in [1.165, 1.54) is 29.7 Å². The van der Waals surface area contributed by atoms with Gasteiger partial charge >= 0.3 is 0 Å². The van der Waals surface area contributed by atoms with Gasteiger partial charge in [-0.3, -0.25) is 0 Å². The number of fused-ring (bicyclic) bond motifs is 1. The highest BCUT2D eigenvalue weighted by Crippen LogP contribution is 2.24. The van der Waals surface area contributed by atoms with Crippen molar-refractivity contribution < 1.29 is 4.74 Å². The van der Waals surface area contributed by atoms with Crippen molar-refractivity contribution in [1.82, 2.24) is 5.32 Å². The maximum Gasteiger partial charge on any atom is 0.0646 e. The molecule has 0 aromatic heterocycles. The molecule has 1 aromatic rings. The Bertz CT molecular complexity index is 425. The van der Waals surface area contributed by atoms with Crippen LogP contribution >= 0.6 is 0 Å². The third-order valence-corrected chi connectivity index (χ3v) is 4.05. The summed E-state index contributed by atoms with van der Waals surface area (Å²) in [6.45, 7) is 6.02. The van der Waals surface area contributed by atoms with Gasteiger partial charge < -0.3 is 15.4 Å². The van der Waals surface area contributed by atoms with Gasteiger partial charge in [-0.25, -0.2) is 0 Å². The Morgan fingerprint density at radius 2 is 2.39 bits per heavy atom. The zero-order chi connectivity index (χ0) is 12.4. The van der Waals surface area contributed by atoms with Gasteiger partial charge in [0.05, 0.1) is 6.61 Å². The van der Waals surface area contributed by atoms with Crippen LogP contribution in [0.15, 0.2) is 18.2 Å². The van der Waals surface area contributed by atoms with Gasteiger partial charge in [0.1, 0.15) is 0 Å². The van der Waals surface area contributed by atoms with Gasteiger partial charge in [0.25, 0.3) is 0 Å². The van der Waals surface area contributed by atoms with E-state index >= 15 is 0 Å². The average molecular weight is 246 g/mol. The van der Waals surface area contributed by atoms with Crippen molar-refractivity contribution in [3.63, 3.8) is 0 Å². The number of aryl methyl sites for hydroxylation is 1. The molecule has 18 heavy (non-hydrogen) atoms. The Morgan fingerprint density at radius 3 is 3.22 bits per heavy atom. The molecule has 3 nitrogen and oxygen atoms in total. The first-order chi connectivity index (χ1) is 8.75. The SMILES string of the molecule is CC1(NCc2ccc3c(c2)CCCN3)CCOC1. The number of nitrogens with one attached hydrogen (secondary N) is 2. The maximum absolute atomic E-state index is 5.47. The summed E-state index contributed by atoms with van der Waals surface area (Å²) in [5.41, 5.74) is 4.33. The molecule has 0 amide bonds. The highest BCUT2D eigenvalue weighted by Gasteiger charge is 2.28. The predicted molar refractivity (Wildman–Crippen MR) is 73.9 cm³/mol. The van der Waals surface area contributed by atoms with Crippen molar-refractivity contribution in [2.75, 3.05) is 25.1 Å². The second-order valence-electron chi connectivity index (χ2n) is 5.74. The Hall–Kier alpha value is -1.06. The van der Waals surface area contributed by atoms with E-state index in [0.29, 0.717) is 0 Å². The fourth-order valence-corrected chi connectivity index (χ4v) is 2.76. The largest absolute Gasteiger partial charge is 0.385 e. The van der Waals surface area contributed by atoms with E-state index in [1.807, 2.05) is 0 Å². The molecule has 2 heterocycles. The van der Waals surface area contributed by atoms with Crippen molar-refractivity contribution in [3.8, 4) is 0 Å². The molecular formula is C15H22N2O. The number of benzene rings is 1. The van der Waals surface area contributed by atoms with Gasteiger partial charge in [0.2, 0.25) is 0 Å². The third-order valence-electron chi connectivity index (χ3n) is 4.05. The van der Waals surface area contributed by atoms with E-state index < -0.39 is 0 Å². The minimum Gasteiger partial charge on any atom is -0.385 e. The standard InChI is InChI=1S/C15H22N2O/c1-15(6-8-18-11-15)17-10-12-4-5-14-13(9-12)3-2-7-16-14/h4-5,9,16-17H,2-3,6-8,10-11H2,1H3. The lowest BCUT2D eigenvalue weighted by molar-refractivity contribution is 0.171. The minimum atomic E-state index is 0.161. The van der Waals surface area contributed by atoms with E-state index in [-0.39, 0.29) is 5.54 Å². The van der Waals surface area contributed by atoms with Crippen molar-refractivity contribution in [2.24, 2.45) is 0 Å². The first-order valence-electron chi connectivity index (χ1n) is 6.94. The summed E-state index contributed by atoms with van der Waals surface area (Å²) in [5, 5.41) is 7.09. The topological polar surface area (TPSA) is 33.3 Å². The van der Waals surface area contributed by atoms with Gasteiger partial charge in [-0.2, -0.15) is 0 Å². The van der Waals surface area contributed by atoms with Gasteiger partial charge in [-0.05, 0) is 43.4 Å². The summed E-state index contributed by atoms with van der Waals surface area (Å²) in [4.78, 5) is 0. The molecule has 0 aliphatic carbocycles. The molecule has 0 saturated carbocycles. The van der Waals surface area contributed by atoms with E-state index in [1.54, 1.807) is 0 Å². The highest BCUT2D eigenvalue weighted by molar-refractivity contribution is 5.54. The molecule has 0 bridgehead atoms. The molecule has 1 aromatic carbocycles. The van der Waals surface area contributed by atoms with Crippen LogP contribution in [-0.2, 0) is 17.7 Å². The summed E-state index contributed by atoms with van der Waals surface area (Å²) in [7, 11) is 0. The molecule has 1 atom stereocenters. The summed E-state index contributed by atoms with van der Waals surface area (Å²) in [6.07, 6.45) is 3.56.